The van der Waals surface area contributed by atoms with E-state index in [0.717, 1.165) is 11.6 Å². The van der Waals surface area contributed by atoms with Gasteiger partial charge in [0.2, 0.25) is 0 Å². The van der Waals surface area contributed by atoms with Crippen molar-refractivity contribution in [2.24, 2.45) is 5.92 Å². The highest BCUT2D eigenvalue weighted by atomic mass is 31.1. The summed E-state index contributed by atoms with van der Waals surface area (Å²) in [5, 5.41) is 8.75. The van der Waals surface area contributed by atoms with E-state index in [-0.39, 0.29) is 0 Å². The van der Waals surface area contributed by atoms with Gasteiger partial charge in [0.05, 0.1) is 0 Å². The van der Waals surface area contributed by atoms with Gasteiger partial charge < -0.3 is 0 Å². The van der Waals surface area contributed by atoms with Crippen LogP contribution in [0.5, 0.6) is 0 Å². The smallest absolute Gasteiger partial charge is 0.00943 e. The van der Waals surface area contributed by atoms with Crippen molar-refractivity contribution in [3.05, 3.63) is 84.9 Å². The molecule has 5 rings (SSSR count). The third kappa shape index (κ3) is 3.52. The van der Waals surface area contributed by atoms with Crippen LogP contribution in [0.1, 0.15) is 26.2 Å². The Morgan fingerprint density at radius 1 is 0.724 bits per heavy atom. The van der Waals surface area contributed by atoms with E-state index in [0.29, 0.717) is 5.66 Å². The van der Waals surface area contributed by atoms with Crippen LogP contribution in [-0.2, 0) is 0 Å². The molecule has 2 heteroatoms. The van der Waals surface area contributed by atoms with Gasteiger partial charge in [-0.2, -0.15) is 0 Å². The number of rotatable bonds is 4. The maximum Gasteiger partial charge on any atom is -0.00943 e. The first-order valence-corrected chi connectivity index (χ1v) is 12.8. The molecule has 0 aromatic heterocycles. The standard InChI is InChI=1S/C27H28P2/c1-19(28)22-15-8-18-25(22)29(26-16-6-11-20-9-2-4-13-23(20)26)27-17-7-12-21-10-3-5-14-24(21)27/h2-7,9-14,16-17,19,22,25H,8,15,18,28H2,1H3/t19-,22+,25+/m0/s1. The molecule has 0 N–H and O–H groups in total. The van der Waals surface area contributed by atoms with Gasteiger partial charge in [0, 0.05) is 0 Å². The minimum atomic E-state index is -0.437. The lowest BCUT2D eigenvalue weighted by molar-refractivity contribution is 0.552. The summed E-state index contributed by atoms with van der Waals surface area (Å²) in [6, 6.07) is 31.8. The van der Waals surface area contributed by atoms with Crippen LogP contribution >= 0.6 is 17.2 Å². The van der Waals surface area contributed by atoms with E-state index >= 15 is 0 Å². The molecule has 0 aliphatic heterocycles. The number of hydrogen-bond donors (Lipinski definition) is 0. The van der Waals surface area contributed by atoms with Gasteiger partial charge in [-0.3, -0.25) is 0 Å². The van der Waals surface area contributed by atoms with Crippen molar-refractivity contribution < 1.29 is 0 Å². The lowest BCUT2D eigenvalue weighted by Crippen LogP contribution is -2.28. The summed E-state index contributed by atoms with van der Waals surface area (Å²) in [7, 11) is 2.68. The Bertz CT molecular complexity index is 1060. The largest absolute Gasteiger partial charge is 0.134 e. The van der Waals surface area contributed by atoms with Gasteiger partial charge in [0.1, 0.15) is 0 Å². The van der Waals surface area contributed by atoms with Crippen LogP contribution in [0.25, 0.3) is 21.5 Å². The molecule has 1 unspecified atom stereocenters. The van der Waals surface area contributed by atoms with Crippen molar-refractivity contribution in [3.63, 3.8) is 0 Å². The molecule has 0 saturated heterocycles. The summed E-state index contributed by atoms with van der Waals surface area (Å²) in [5.41, 5.74) is 1.41. The molecule has 0 spiro atoms. The van der Waals surface area contributed by atoms with Gasteiger partial charge in [-0.05, 0) is 70.2 Å². The van der Waals surface area contributed by atoms with Crippen LogP contribution in [0, 0.1) is 5.92 Å². The zero-order valence-electron chi connectivity index (χ0n) is 17.0. The Kier molecular flexibility index (Phi) is 5.43. The first-order chi connectivity index (χ1) is 14.2. The fourth-order valence-corrected chi connectivity index (χ4v) is 9.51. The van der Waals surface area contributed by atoms with Crippen molar-refractivity contribution >= 4 is 49.3 Å². The topological polar surface area (TPSA) is 0 Å². The summed E-state index contributed by atoms with van der Waals surface area (Å²) >= 11 is 0. The normalized spacial score (nSPS) is 20.5. The third-order valence-electron chi connectivity index (χ3n) is 6.59. The molecule has 1 fully saturated rings. The maximum atomic E-state index is 3.11. The monoisotopic (exact) mass is 414 g/mol. The molecule has 4 aromatic rings. The van der Waals surface area contributed by atoms with E-state index in [1.54, 1.807) is 10.6 Å². The van der Waals surface area contributed by atoms with Crippen LogP contribution in [0.4, 0.5) is 0 Å². The molecule has 4 aromatic carbocycles. The molecule has 29 heavy (non-hydrogen) atoms. The maximum absolute atomic E-state index is 3.11. The second-order valence-corrected chi connectivity index (χ2v) is 11.8. The first-order valence-electron chi connectivity index (χ1n) is 10.7. The van der Waals surface area contributed by atoms with Gasteiger partial charge in [-0.25, -0.2) is 0 Å². The minimum absolute atomic E-state index is 0.437. The van der Waals surface area contributed by atoms with Gasteiger partial charge in [0.25, 0.3) is 0 Å². The molecule has 1 aliphatic rings. The van der Waals surface area contributed by atoms with E-state index in [2.05, 4.69) is 101 Å². The number of hydrogen-bond acceptors (Lipinski definition) is 0. The molecule has 0 amide bonds. The lowest BCUT2D eigenvalue weighted by Gasteiger charge is -2.33. The summed E-state index contributed by atoms with van der Waals surface area (Å²) in [6.45, 7) is 2.40. The van der Waals surface area contributed by atoms with E-state index in [4.69, 9.17) is 0 Å². The average Bonchev–Trinajstić information content (AvgIpc) is 3.24. The van der Waals surface area contributed by atoms with Crippen LogP contribution in [-0.4, -0.2) is 11.3 Å². The van der Waals surface area contributed by atoms with E-state index in [9.17, 15) is 0 Å². The highest BCUT2D eigenvalue weighted by molar-refractivity contribution is 7.74. The average molecular weight is 414 g/mol. The summed E-state index contributed by atoms with van der Waals surface area (Å²) < 4.78 is 0. The van der Waals surface area contributed by atoms with Crippen molar-refractivity contribution in [1.29, 1.82) is 0 Å². The second kappa shape index (κ2) is 8.18. The second-order valence-electron chi connectivity index (χ2n) is 8.39. The molecular weight excluding hydrogens is 386 g/mol. The summed E-state index contributed by atoms with van der Waals surface area (Å²) in [6.07, 6.45) is 4.08. The Morgan fingerprint density at radius 3 is 1.79 bits per heavy atom. The van der Waals surface area contributed by atoms with Gasteiger partial charge in [0.15, 0.2) is 0 Å². The van der Waals surface area contributed by atoms with E-state index in [1.807, 2.05) is 0 Å². The quantitative estimate of drug-likeness (QED) is 0.320. The minimum Gasteiger partial charge on any atom is -0.134 e. The fourth-order valence-electron chi connectivity index (χ4n) is 5.23. The van der Waals surface area contributed by atoms with Crippen LogP contribution in [0.15, 0.2) is 84.9 Å². The van der Waals surface area contributed by atoms with Gasteiger partial charge >= 0.3 is 0 Å². The fraction of sp³-hybridized carbons (Fsp3) is 0.259. The van der Waals surface area contributed by atoms with Gasteiger partial charge in [-0.15, -0.1) is 9.24 Å². The predicted octanol–water partition coefficient (Wildman–Crippen LogP) is 6.86. The van der Waals surface area contributed by atoms with Gasteiger partial charge in [-0.1, -0.05) is 98.3 Å². The summed E-state index contributed by atoms with van der Waals surface area (Å²) in [5.74, 6) is 0.782. The van der Waals surface area contributed by atoms with Crippen LogP contribution in [0.3, 0.4) is 0 Å². The zero-order chi connectivity index (χ0) is 19.8. The zero-order valence-corrected chi connectivity index (χ0v) is 19.0. The Labute approximate surface area is 177 Å². The van der Waals surface area contributed by atoms with Crippen molar-refractivity contribution in [2.75, 3.05) is 0 Å². The Hall–Kier alpha value is -1.74. The third-order valence-corrected chi connectivity index (χ3v) is 10.2. The number of fused-ring (bicyclic) bond motifs is 2. The van der Waals surface area contributed by atoms with Crippen LogP contribution < -0.4 is 10.6 Å². The van der Waals surface area contributed by atoms with E-state index in [1.165, 1.54) is 40.8 Å². The molecule has 1 saturated carbocycles. The lowest BCUT2D eigenvalue weighted by atomic mass is 10.0. The molecule has 0 heterocycles. The molecule has 0 radical (unpaired) electrons. The molecule has 0 bridgehead atoms. The molecule has 0 nitrogen and oxygen atoms in total. The van der Waals surface area contributed by atoms with Crippen molar-refractivity contribution in [3.8, 4) is 0 Å². The Balaban J connectivity index is 1.78. The highest BCUT2D eigenvalue weighted by Crippen LogP contribution is 2.53. The molecule has 146 valence electrons. The SMILES string of the molecule is C[C@H](P)[C@H]1CCC[C@H]1P(c1cccc2ccccc12)c1cccc2ccccc12. The summed E-state index contributed by atoms with van der Waals surface area (Å²) in [4.78, 5) is 0. The highest BCUT2D eigenvalue weighted by Gasteiger charge is 2.37. The van der Waals surface area contributed by atoms with Crippen molar-refractivity contribution in [1.82, 2.24) is 0 Å². The molecule has 1 aliphatic carbocycles. The molecule has 4 atom stereocenters. The van der Waals surface area contributed by atoms with Crippen LogP contribution in [0.2, 0.25) is 0 Å². The predicted molar refractivity (Wildman–Crippen MR) is 134 cm³/mol. The van der Waals surface area contributed by atoms with Crippen molar-refractivity contribution in [2.45, 2.75) is 37.5 Å². The Morgan fingerprint density at radius 2 is 1.24 bits per heavy atom. The first kappa shape index (κ1) is 19.2. The number of benzene rings is 4. The van der Waals surface area contributed by atoms with E-state index < -0.39 is 7.92 Å². The molecular formula is C27H28P2.